The van der Waals surface area contributed by atoms with Gasteiger partial charge in [-0.1, -0.05) is 22.0 Å². The van der Waals surface area contributed by atoms with Crippen molar-refractivity contribution in [3.8, 4) is 0 Å². The second-order valence-corrected chi connectivity index (χ2v) is 5.73. The van der Waals surface area contributed by atoms with Gasteiger partial charge in [-0.2, -0.15) is 0 Å². The fourth-order valence-corrected chi connectivity index (χ4v) is 2.63. The molecule has 0 aliphatic carbocycles. The molecule has 1 amide bonds. The lowest BCUT2D eigenvalue weighted by molar-refractivity contribution is 0.102. The molecule has 0 spiro atoms. The average Bonchev–Trinajstić information content (AvgIpc) is 2.86. The number of carbonyl (C=O) groups is 1. The molecule has 0 aliphatic heterocycles. The van der Waals surface area contributed by atoms with Crippen LogP contribution in [0.1, 0.15) is 15.9 Å². The molecule has 0 aliphatic rings. The summed E-state index contributed by atoms with van der Waals surface area (Å²) in [6, 6.07) is 11.2. The fraction of sp³-hybridized carbons (Fsp3) is 0.0625. The van der Waals surface area contributed by atoms with Gasteiger partial charge < -0.3 is 16.0 Å². The lowest BCUT2D eigenvalue weighted by Gasteiger charge is -2.09. The molecule has 3 aromatic rings. The number of carbonyl (C=O) groups excluding carboxylic acids is 1. The minimum Gasteiger partial charge on any atom is -0.399 e. The smallest absolute Gasteiger partial charge is 0.257 e. The van der Waals surface area contributed by atoms with E-state index in [2.05, 4.69) is 26.2 Å². The van der Waals surface area contributed by atoms with E-state index in [-0.39, 0.29) is 5.91 Å². The van der Waals surface area contributed by atoms with Gasteiger partial charge in [0.1, 0.15) is 0 Å². The zero-order valence-electron chi connectivity index (χ0n) is 11.4. The first-order valence-electron chi connectivity index (χ1n) is 6.49. The average molecular weight is 344 g/mol. The van der Waals surface area contributed by atoms with Crippen LogP contribution in [-0.4, -0.2) is 10.9 Å². The Bertz CT molecular complexity index is 839. The van der Waals surface area contributed by atoms with Gasteiger partial charge in [-0.05, 0) is 42.8 Å². The molecule has 0 unspecified atom stereocenters. The summed E-state index contributed by atoms with van der Waals surface area (Å²) in [7, 11) is 0. The van der Waals surface area contributed by atoms with Crippen molar-refractivity contribution in [2.75, 3.05) is 11.1 Å². The van der Waals surface area contributed by atoms with Crippen LogP contribution in [-0.2, 0) is 0 Å². The maximum atomic E-state index is 12.5. The molecular formula is C16H14BrN3O. The number of anilines is 2. The summed E-state index contributed by atoms with van der Waals surface area (Å²) in [5.41, 5.74) is 9.65. The number of halogens is 1. The minimum atomic E-state index is -0.146. The van der Waals surface area contributed by atoms with Crippen LogP contribution in [0.4, 0.5) is 11.4 Å². The Balaban J connectivity index is 1.96. The molecule has 4 nitrogen and oxygen atoms in total. The third-order valence-electron chi connectivity index (χ3n) is 3.47. The highest BCUT2D eigenvalue weighted by Gasteiger charge is 2.13. The first-order valence-corrected chi connectivity index (χ1v) is 7.28. The molecule has 106 valence electrons. The maximum absolute atomic E-state index is 12.5. The predicted molar refractivity (Wildman–Crippen MR) is 89.5 cm³/mol. The fourth-order valence-electron chi connectivity index (χ4n) is 2.26. The van der Waals surface area contributed by atoms with Crippen molar-refractivity contribution < 1.29 is 4.79 Å². The lowest BCUT2D eigenvalue weighted by atomic mass is 10.1. The molecule has 0 fully saturated rings. The normalized spacial score (nSPS) is 10.8. The SMILES string of the molecule is Cc1c(Br)cccc1NC(=O)c1c[nH]c2cc(N)ccc12. The van der Waals surface area contributed by atoms with Gasteiger partial charge in [0.05, 0.1) is 5.56 Å². The number of nitrogen functional groups attached to an aromatic ring is 1. The summed E-state index contributed by atoms with van der Waals surface area (Å²) in [4.78, 5) is 15.5. The summed E-state index contributed by atoms with van der Waals surface area (Å²) >= 11 is 3.46. The van der Waals surface area contributed by atoms with E-state index in [1.54, 1.807) is 12.3 Å². The number of amides is 1. The summed E-state index contributed by atoms with van der Waals surface area (Å²) in [5.74, 6) is -0.146. The zero-order valence-corrected chi connectivity index (χ0v) is 13.0. The number of fused-ring (bicyclic) bond motifs is 1. The standard InChI is InChI=1S/C16H14BrN3O/c1-9-13(17)3-2-4-14(9)20-16(21)12-8-19-15-7-10(18)5-6-11(12)15/h2-8,19H,18H2,1H3,(H,20,21). The van der Waals surface area contributed by atoms with Gasteiger partial charge in [-0.3, -0.25) is 4.79 Å². The van der Waals surface area contributed by atoms with Crippen LogP contribution in [0.15, 0.2) is 47.1 Å². The Morgan fingerprint density at radius 3 is 2.90 bits per heavy atom. The molecule has 5 heteroatoms. The molecule has 21 heavy (non-hydrogen) atoms. The number of hydrogen-bond donors (Lipinski definition) is 3. The largest absolute Gasteiger partial charge is 0.399 e. The molecule has 0 saturated carbocycles. The van der Waals surface area contributed by atoms with E-state index in [0.717, 1.165) is 26.6 Å². The number of benzene rings is 2. The zero-order chi connectivity index (χ0) is 15.0. The minimum absolute atomic E-state index is 0.146. The van der Waals surface area contributed by atoms with Crippen LogP contribution in [0.5, 0.6) is 0 Å². The molecule has 2 aromatic carbocycles. The number of aromatic nitrogens is 1. The number of H-pyrrole nitrogens is 1. The van der Waals surface area contributed by atoms with E-state index in [9.17, 15) is 4.79 Å². The highest BCUT2D eigenvalue weighted by Crippen LogP contribution is 2.25. The third-order valence-corrected chi connectivity index (χ3v) is 4.33. The van der Waals surface area contributed by atoms with Gasteiger partial charge in [0, 0.05) is 32.9 Å². The van der Waals surface area contributed by atoms with Crippen molar-refractivity contribution in [1.29, 1.82) is 0 Å². The number of nitrogens with one attached hydrogen (secondary N) is 2. The van der Waals surface area contributed by atoms with Crippen molar-refractivity contribution in [2.24, 2.45) is 0 Å². The van der Waals surface area contributed by atoms with E-state index in [4.69, 9.17) is 5.73 Å². The summed E-state index contributed by atoms with van der Waals surface area (Å²) < 4.78 is 0.965. The van der Waals surface area contributed by atoms with Gasteiger partial charge in [0.25, 0.3) is 5.91 Å². The van der Waals surface area contributed by atoms with Crippen LogP contribution in [0.3, 0.4) is 0 Å². The van der Waals surface area contributed by atoms with E-state index in [1.807, 2.05) is 37.3 Å². The molecule has 1 aromatic heterocycles. The molecule has 1 heterocycles. The quantitative estimate of drug-likeness (QED) is 0.613. The van der Waals surface area contributed by atoms with Gasteiger partial charge in [0.15, 0.2) is 0 Å². The molecular weight excluding hydrogens is 330 g/mol. The second-order valence-electron chi connectivity index (χ2n) is 4.87. The highest BCUT2D eigenvalue weighted by molar-refractivity contribution is 9.10. The van der Waals surface area contributed by atoms with Crippen LogP contribution < -0.4 is 11.1 Å². The van der Waals surface area contributed by atoms with Crippen molar-refractivity contribution >= 4 is 44.1 Å². The molecule has 0 bridgehead atoms. The lowest BCUT2D eigenvalue weighted by Crippen LogP contribution is -2.12. The van der Waals surface area contributed by atoms with Gasteiger partial charge in [-0.25, -0.2) is 0 Å². The molecule has 3 rings (SSSR count). The van der Waals surface area contributed by atoms with Gasteiger partial charge in [-0.15, -0.1) is 0 Å². The van der Waals surface area contributed by atoms with E-state index in [0.29, 0.717) is 11.3 Å². The Labute approximate surface area is 130 Å². The Hall–Kier alpha value is -2.27. The highest BCUT2D eigenvalue weighted by atomic mass is 79.9. The van der Waals surface area contributed by atoms with Crippen LogP contribution in [0.2, 0.25) is 0 Å². The first-order chi connectivity index (χ1) is 10.1. The Kier molecular flexibility index (Phi) is 3.43. The molecule has 0 atom stereocenters. The first kappa shape index (κ1) is 13.7. The molecule has 0 saturated heterocycles. The van der Waals surface area contributed by atoms with E-state index < -0.39 is 0 Å². The predicted octanol–water partition coefficient (Wildman–Crippen LogP) is 4.07. The third kappa shape index (κ3) is 2.52. The van der Waals surface area contributed by atoms with Crippen LogP contribution in [0.25, 0.3) is 10.9 Å². The molecule has 4 N–H and O–H groups in total. The van der Waals surface area contributed by atoms with Gasteiger partial charge >= 0.3 is 0 Å². The molecule has 0 radical (unpaired) electrons. The van der Waals surface area contributed by atoms with E-state index >= 15 is 0 Å². The monoisotopic (exact) mass is 343 g/mol. The second kappa shape index (κ2) is 5.26. The Morgan fingerprint density at radius 2 is 2.10 bits per heavy atom. The van der Waals surface area contributed by atoms with Crippen molar-refractivity contribution in [1.82, 2.24) is 4.98 Å². The number of nitrogens with two attached hydrogens (primary N) is 1. The van der Waals surface area contributed by atoms with Gasteiger partial charge in [0.2, 0.25) is 0 Å². The van der Waals surface area contributed by atoms with Crippen molar-refractivity contribution in [2.45, 2.75) is 6.92 Å². The maximum Gasteiger partial charge on any atom is 0.257 e. The number of hydrogen-bond acceptors (Lipinski definition) is 2. The van der Waals surface area contributed by atoms with Crippen molar-refractivity contribution in [3.63, 3.8) is 0 Å². The Morgan fingerprint density at radius 1 is 1.29 bits per heavy atom. The van der Waals surface area contributed by atoms with Crippen LogP contribution >= 0.6 is 15.9 Å². The van der Waals surface area contributed by atoms with Crippen LogP contribution in [0, 0.1) is 6.92 Å². The topological polar surface area (TPSA) is 70.9 Å². The van der Waals surface area contributed by atoms with Crippen molar-refractivity contribution in [3.05, 3.63) is 58.2 Å². The van der Waals surface area contributed by atoms with E-state index in [1.165, 1.54) is 0 Å². The summed E-state index contributed by atoms with van der Waals surface area (Å²) in [6.45, 7) is 1.95. The number of aromatic amines is 1. The summed E-state index contributed by atoms with van der Waals surface area (Å²) in [6.07, 6.45) is 1.70. The number of rotatable bonds is 2. The summed E-state index contributed by atoms with van der Waals surface area (Å²) in [5, 5.41) is 3.80.